The molecule has 0 saturated carbocycles. The molecule has 1 unspecified atom stereocenters. The number of nitrogens with one attached hydrogen (secondary N) is 1. The number of unbranched alkanes of at least 4 members (excludes halogenated alkanes) is 4. The smallest absolute Gasteiger partial charge is 0.303 e. The van der Waals surface area contributed by atoms with Gasteiger partial charge in [0.1, 0.15) is 0 Å². The van der Waals surface area contributed by atoms with Crippen molar-refractivity contribution in [1.82, 2.24) is 4.72 Å². The highest BCUT2D eigenvalue weighted by Gasteiger charge is 2.26. The van der Waals surface area contributed by atoms with Gasteiger partial charge < -0.3 is 5.11 Å². The van der Waals surface area contributed by atoms with E-state index in [0.717, 1.165) is 25.7 Å². The molecule has 0 spiro atoms. The summed E-state index contributed by atoms with van der Waals surface area (Å²) in [6.07, 6.45) is 5.59. The van der Waals surface area contributed by atoms with Crippen LogP contribution in [0.5, 0.6) is 0 Å². The lowest BCUT2D eigenvalue weighted by molar-refractivity contribution is -0.137. The number of rotatable bonds is 14. The largest absolute Gasteiger partial charge is 0.481 e. The Morgan fingerprint density at radius 2 is 1.64 bits per heavy atom. The quantitative estimate of drug-likeness (QED) is 0.235. The van der Waals surface area contributed by atoms with Crippen molar-refractivity contribution in [3.05, 3.63) is 63.6 Å². The summed E-state index contributed by atoms with van der Waals surface area (Å²) in [5, 5.41) is 9.20. The number of sulfonamides is 1. The van der Waals surface area contributed by atoms with Gasteiger partial charge in [-0.2, -0.15) is 0 Å². The van der Waals surface area contributed by atoms with Crippen LogP contribution in [0, 0.1) is 0 Å². The van der Waals surface area contributed by atoms with Gasteiger partial charge in [-0.05, 0) is 49.6 Å². The Kier molecular flexibility index (Phi) is 10.8. The maximum Gasteiger partial charge on any atom is 0.303 e. The van der Waals surface area contributed by atoms with Crippen LogP contribution >= 0.6 is 23.2 Å². The summed E-state index contributed by atoms with van der Waals surface area (Å²) in [6.45, 7) is 1.91. The third kappa shape index (κ3) is 8.41. The van der Waals surface area contributed by atoms with Crippen LogP contribution in [0.4, 0.5) is 0 Å². The molecular formula is C24H29Cl2NO5S. The van der Waals surface area contributed by atoms with Gasteiger partial charge in [0.25, 0.3) is 0 Å². The van der Waals surface area contributed by atoms with Crippen molar-refractivity contribution < 1.29 is 23.1 Å². The first-order valence-corrected chi connectivity index (χ1v) is 13.2. The Bertz CT molecular complexity index is 1070. The second kappa shape index (κ2) is 13.1. The number of carbonyl (C=O) groups is 2. The normalized spacial score (nSPS) is 12.5. The van der Waals surface area contributed by atoms with Crippen LogP contribution < -0.4 is 4.72 Å². The summed E-state index contributed by atoms with van der Waals surface area (Å²) in [7, 11) is -3.94. The number of carbonyl (C=O) groups excluding carboxylic acids is 1. The molecule has 0 radical (unpaired) electrons. The molecule has 0 fully saturated rings. The number of hydrogen-bond acceptors (Lipinski definition) is 4. The predicted molar refractivity (Wildman–Crippen MR) is 131 cm³/mol. The molecule has 0 amide bonds. The molecular weight excluding hydrogens is 485 g/mol. The first kappa shape index (κ1) is 27.3. The fraction of sp³-hybridized carbons (Fsp3) is 0.417. The molecule has 0 aliphatic carbocycles. The minimum Gasteiger partial charge on any atom is -0.481 e. The van der Waals surface area contributed by atoms with Gasteiger partial charge >= 0.3 is 5.97 Å². The van der Waals surface area contributed by atoms with E-state index in [9.17, 15) is 18.0 Å². The van der Waals surface area contributed by atoms with E-state index in [2.05, 4.69) is 4.72 Å². The van der Waals surface area contributed by atoms with Crippen LogP contribution in [0.25, 0.3) is 0 Å². The minimum absolute atomic E-state index is 0.0440. The number of halogens is 2. The van der Waals surface area contributed by atoms with Crippen molar-refractivity contribution in [3.63, 3.8) is 0 Å². The van der Waals surface area contributed by atoms with Crippen molar-refractivity contribution in [2.45, 2.75) is 69.2 Å². The second-order valence-electron chi connectivity index (χ2n) is 7.88. The van der Waals surface area contributed by atoms with E-state index in [4.69, 9.17) is 28.3 Å². The van der Waals surface area contributed by atoms with E-state index < -0.39 is 21.8 Å². The molecule has 1 atom stereocenters. The molecule has 0 aromatic heterocycles. The number of hydrogen-bond donors (Lipinski definition) is 2. The van der Waals surface area contributed by atoms with Crippen molar-refractivity contribution >= 4 is 45.0 Å². The summed E-state index contributed by atoms with van der Waals surface area (Å²) >= 11 is 12.1. The Morgan fingerprint density at radius 3 is 2.30 bits per heavy atom. The summed E-state index contributed by atoms with van der Waals surface area (Å²) in [5.74, 6) is -1.28. The molecule has 6 nitrogen and oxygen atoms in total. The fourth-order valence-electron chi connectivity index (χ4n) is 3.53. The van der Waals surface area contributed by atoms with Crippen LogP contribution in [-0.2, 0) is 14.8 Å². The fourth-order valence-corrected chi connectivity index (χ4v) is 5.59. The van der Waals surface area contributed by atoms with Gasteiger partial charge in [-0.15, -0.1) is 0 Å². The van der Waals surface area contributed by atoms with Gasteiger partial charge in [0.05, 0.1) is 9.92 Å². The molecule has 0 saturated heterocycles. The topological polar surface area (TPSA) is 101 Å². The lowest BCUT2D eigenvalue weighted by Crippen LogP contribution is -2.35. The summed E-state index contributed by atoms with van der Waals surface area (Å²) < 4.78 is 29.1. The Labute approximate surface area is 205 Å². The Hall–Kier alpha value is -1.93. The van der Waals surface area contributed by atoms with Crippen LogP contribution in [0.1, 0.15) is 74.2 Å². The number of benzene rings is 2. The van der Waals surface area contributed by atoms with Crippen LogP contribution in [0.15, 0.2) is 47.4 Å². The number of carboxylic acid groups (broad SMARTS) is 1. The second-order valence-corrected chi connectivity index (χ2v) is 10.4. The maximum absolute atomic E-state index is 13.2. The van der Waals surface area contributed by atoms with E-state index in [0.29, 0.717) is 24.3 Å². The molecule has 0 bridgehead atoms. The zero-order valence-electron chi connectivity index (χ0n) is 18.5. The standard InChI is InChI=1S/C24H29Cl2NO5S/c1-2-18(10-6-4-3-5-7-13-23(28)29)27-33(31,32)22-12-9-8-11-20(22)24(30)19-15-14-17(25)16-21(19)26/h8-9,11-12,14-16,18,27H,2-7,10,13H2,1H3,(H,28,29). The first-order valence-electron chi connectivity index (χ1n) is 11.0. The van der Waals surface area contributed by atoms with Gasteiger partial charge in [-0.3, -0.25) is 9.59 Å². The number of aliphatic carboxylic acids is 1. The molecule has 180 valence electrons. The zero-order chi connectivity index (χ0) is 24.4. The molecule has 0 aliphatic rings. The van der Waals surface area contributed by atoms with E-state index >= 15 is 0 Å². The van der Waals surface area contributed by atoms with E-state index in [1.54, 1.807) is 12.1 Å². The minimum atomic E-state index is -3.94. The summed E-state index contributed by atoms with van der Waals surface area (Å²) in [6, 6.07) is 10.3. The summed E-state index contributed by atoms with van der Waals surface area (Å²) in [4.78, 5) is 23.5. The van der Waals surface area contributed by atoms with Crippen molar-refractivity contribution in [1.29, 1.82) is 0 Å². The zero-order valence-corrected chi connectivity index (χ0v) is 20.8. The Balaban J connectivity index is 2.07. The van der Waals surface area contributed by atoms with Crippen LogP contribution in [0.3, 0.4) is 0 Å². The SMILES string of the molecule is CCC(CCCCCCCC(=O)O)NS(=O)(=O)c1ccccc1C(=O)c1ccc(Cl)cc1Cl. The Morgan fingerprint density at radius 1 is 0.970 bits per heavy atom. The van der Waals surface area contributed by atoms with Gasteiger partial charge in [-0.25, -0.2) is 13.1 Å². The molecule has 0 aliphatic heterocycles. The summed E-state index contributed by atoms with van der Waals surface area (Å²) in [5.41, 5.74) is 0.223. The third-order valence-corrected chi connectivity index (χ3v) is 7.48. The van der Waals surface area contributed by atoms with Crippen LogP contribution in [0.2, 0.25) is 10.0 Å². The molecule has 33 heavy (non-hydrogen) atoms. The molecule has 2 aromatic rings. The lowest BCUT2D eigenvalue weighted by atomic mass is 10.0. The van der Waals surface area contributed by atoms with E-state index in [1.165, 1.54) is 30.3 Å². The van der Waals surface area contributed by atoms with Crippen LogP contribution in [-0.4, -0.2) is 31.3 Å². The maximum atomic E-state index is 13.2. The average molecular weight is 514 g/mol. The van der Waals surface area contributed by atoms with Gasteiger partial charge in [-0.1, -0.05) is 67.9 Å². The average Bonchev–Trinajstić information content (AvgIpc) is 2.77. The third-order valence-electron chi connectivity index (χ3n) is 5.35. The van der Waals surface area contributed by atoms with Gasteiger partial charge in [0.15, 0.2) is 5.78 Å². The number of carboxylic acids is 1. The molecule has 0 heterocycles. The lowest BCUT2D eigenvalue weighted by Gasteiger charge is -2.18. The van der Waals surface area contributed by atoms with Gasteiger partial charge in [0, 0.05) is 28.6 Å². The highest BCUT2D eigenvalue weighted by molar-refractivity contribution is 7.89. The molecule has 2 rings (SSSR count). The first-order chi connectivity index (χ1) is 15.7. The van der Waals surface area contributed by atoms with Crippen molar-refractivity contribution in [2.75, 3.05) is 0 Å². The van der Waals surface area contributed by atoms with Crippen molar-refractivity contribution in [3.8, 4) is 0 Å². The number of ketones is 1. The van der Waals surface area contributed by atoms with Gasteiger partial charge in [0.2, 0.25) is 10.0 Å². The van der Waals surface area contributed by atoms with E-state index in [-0.39, 0.29) is 33.5 Å². The molecule has 9 heteroatoms. The van der Waals surface area contributed by atoms with Crippen molar-refractivity contribution in [2.24, 2.45) is 0 Å². The molecule has 2 N–H and O–H groups in total. The predicted octanol–water partition coefficient (Wildman–Crippen LogP) is 6.10. The van der Waals surface area contributed by atoms with E-state index in [1.807, 2.05) is 6.92 Å². The highest BCUT2D eigenvalue weighted by atomic mass is 35.5. The molecule has 2 aromatic carbocycles. The monoisotopic (exact) mass is 513 g/mol. The highest BCUT2D eigenvalue weighted by Crippen LogP contribution is 2.26.